The Morgan fingerprint density at radius 2 is 1.60 bits per heavy atom. The van der Waals surface area contributed by atoms with Crippen LogP contribution in [-0.2, 0) is 0 Å². The van der Waals surface area contributed by atoms with Crippen molar-refractivity contribution in [3.05, 3.63) is 0 Å². The van der Waals surface area contributed by atoms with Gasteiger partial charge in [-0.1, -0.05) is 40.0 Å². The second-order valence-corrected chi connectivity index (χ2v) is 5.52. The number of rotatable bonds is 5. The number of likely N-dealkylation sites (tertiary alicyclic amines) is 1. The Morgan fingerprint density at radius 3 is 2.07 bits per heavy atom. The molecule has 1 heterocycles. The third-order valence-corrected chi connectivity index (χ3v) is 3.52. The molecule has 1 saturated heterocycles. The molecule has 1 aliphatic rings. The molecular weight excluding hydrogens is 182 g/mol. The molecule has 1 aliphatic heterocycles. The number of nitrogens with zero attached hydrogens (tertiary/aromatic N) is 1. The van der Waals surface area contributed by atoms with Crippen molar-refractivity contribution in [3.8, 4) is 0 Å². The molecule has 0 aromatic rings. The van der Waals surface area contributed by atoms with Crippen LogP contribution in [0.4, 0.5) is 0 Å². The second kappa shape index (κ2) is 7.27. The fourth-order valence-electron chi connectivity index (χ4n) is 2.79. The van der Waals surface area contributed by atoms with Gasteiger partial charge in [0, 0.05) is 6.04 Å². The van der Waals surface area contributed by atoms with E-state index in [0.717, 1.165) is 12.0 Å². The van der Waals surface area contributed by atoms with E-state index in [0.29, 0.717) is 0 Å². The van der Waals surface area contributed by atoms with Crippen molar-refractivity contribution in [3.63, 3.8) is 0 Å². The normalized spacial score (nSPS) is 21.6. The van der Waals surface area contributed by atoms with E-state index in [1.807, 2.05) is 0 Å². The summed E-state index contributed by atoms with van der Waals surface area (Å²) < 4.78 is 0. The average molecular weight is 211 g/mol. The first-order valence-corrected chi connectivity index (χ1v) is 6.98. The molecule has 1 nitrogen and oxygen atoms in total. The Balaban J connectivity index is 2.44. The van der Waals surface area contributed by atoms with Gasteiger partial charge in [0.2, 0.25) is 0 Å². The molecule has 1 atom stereocenters. The molecule has 0 spiro atoms. The van der Waals surface area contributed by atoms with Gasteiger partial charge in [0.25, 0.3) is 0 Å². The maximum atomic E-state index is 2.77. The van der Waals surface area contributed by atoms with Crippen LogP contribution in [0.15, 0.2) is 0 Å². The summed E-state index contributed by atoms with van der Waals surface area (Å²) in [5.74, 6) is 0.852. The molecular formula is C14H29N. The van der Waals surface area contributed by atoms with Gasteiger partial charge in [-0.25, -0.2) is 0 Å². The summed E-state index contributed by atoms with van der Waals surface area (Å²) in [6.45, 7) is 9.76. The molecule has 0 saturated carbocycles. The quantitative estimate of drug-likeness (QED) is 0.662. The average Bonchev–Trinajstić information content (AvgIpc) is 2.44. The van der Waals surface area contributed by atoms with Crippen LogP contribution in [0.25, 0.3) is 0 Å². The summed E-state index contributed by atoms with van der Waals surface area (Å²) in [6, 6.07) is 0.869. The zero-order valence-electron chi connectivity index (χ0n) is 11.0. The van der Waals surface area contributed by atoms with Crippen LogP contribution in [-0.4, -0.2) is 24.0 Å². The minimum atomic E-state index is 0.852. The third-order valence-electron chi connectivity index (χ3n) is 3.52. The van der Waals surface area contributed by atoms with Crippen molar-refractivity contribution >= 4 is 0 Å². The minimum absolute atomic E-state index is 0.852. The molecule has 0 radical (unpaired) electrons. The monoisotopic (exact) mass is 211 g/mol. The fourth-order valence-corrected chi connectivity index (χ4v) is 2.79. The molecule has 0 amide bonds. The first-order valence-electron chi connectivity index (χ1n) is 6.98. The van der Waals surface area contributed by atoms with Gasteiger partial charge in [-0.3, -0.25) is 0 Å². The van der Waals surface area contributed by atoms with Crippen LogP contribution >= 0.6 is 0 Å². The van der Waals surface area contributed by atoms with E-state index in [-0.39, 0.29) is 0 Å². The van der Waals surface area contributed by atoms with Gasteiger partial charge in [0.15, 0.2) is 0 Å². The highest BCUT2D eigenvalue weighted by Crippen LogP contribution is 2.20. The van der Waals surface area contributed by atoms with Crippen LogP contribution in [0.3, 0.4) is 0 Å². The van der Waals surface area contributed by atoms with Crippen LogP contribution in [0.5, 0.6) is 0 Å². The topological polar surface area (TPSA) is 3.24 Å². The van der Waals surface area contributed by atoms with Crippen molar-refractivity contribution in [1.29, 1.82) is 0 Å². The summed E-state index contributed by atoms with van der Waals surface area (Å²) in [5.41, 5.74) is 0. The zero-order valence-corrected chi connectivity index (χ0v) is 11.0. The smallest absolute Gasteiger partial charge is 0.00975 e. The van der Waals surface area contributed by atoms with E-state index >= 15 is 0 Å². The molecule has 15 heavy (non-hydrogen) atoms. The van der Waals surface area contributed by atoms with E-state index in [2.05, 4.69) is 25.7 Å². The Labute approximate surface area is 96.2 Å². The van der Waals surface area contributed by atoms with E-state index < -0.39 is 0 Å². The predicted molar refractivity (Wildman–Crippen MR) is 68.2 cm³/mol. The largest absolute Gasteiger partial charge is 0.300 e. The summed E-state index contributed by atoms with van der Waals surface area (Å²) in [5, 5.41) is 0. The molecule has 1 unspecified atom stereocenters. The standard InChI is InChI=1S/C14H29N/c1-4-9-14(12-13(2)3)15-10-7-5-6-8-11-15/h13-14H,4-12H2,1-3H3. The first kappa shape index (κ1) is 13.0. The minimum Gasteiger partial charge on any atom is -0.300 e. The molecule has 1 heteroatoms. The van der Waals surface area contributed by atoms with Crippen LogP contribution in [0.2, 0.25) is 0 Å². The van der Waals surface area contributed by atoms with Gasteiger partial charge in [-0.05, 0) is 44.7 Å². The molecule has 0 aliphatic carbocycles. The molecule has 1 rings (SSSR count). The number of hydrogen-bond donors (Lipinski definition) is 0. The van der Waals surface area contributed by atoms with Gasteiger partial charge in [-0.2, -0.15) is 0 Å². The van der Waals surface area contributed by atoms with E-state index in [9.17, 15) is 0 Å². The lowest BCUT2D eigenvalue weighted by Gasteiger charge is -2.31. The van der Waals surface area contributed by atoms with E-state index in [4.69, 9.17) is 0 Å². The molecule has 0 aromatic carbocycles. The fraction of sp³-hybridized carbons (Fsp3) is 1.00. The van der Waals surface area contributed by atoms with E-state index in [1.165, 1.54) is 58.0 Å². The Morgan fingerprint density at radius 1 is 1.00 bits per heavy atom. The van der Waals surface area contributed by atoms with Crippen molar-refractivity contribution in [2.75, 3.05) is 13.1 Å². The zero-order chi connectivity index (χ0) is 11.1. The van der Waals surface area contributed by atoms with Crippen molar-refractivity contribution in [1.82, 2.24) is 4.90 Å². The lowest BCUT2D eigenvalue weighted by atomic mass is 9.98. The molecule has 1 fully saturated rings. The predicted octanol–water partition coefficient (Wildman–Crippen LogP) is 4.08. The van der Waals surface area contributed by atoms with Gasteiger partial charge in [0.05, 0.1) is 0 Å². The maximum absolute atomic E-state index is 2.77. The highest BCUT2D eigenvalue weighted by molar-refractivity contribution is 4.74. The number of hydrogen-bond acceptors (Lipinski definition) is 1. The Kier molecular flexibility index (Phi) is 6.31. The lowest BCUT2D eigenvalue weighted by Crippen LogP contribution is -2.36. The molecule has 0 N–H and O–H groups in total. The molecule has 90 valence electrons. The van der Waals surface area contributed by atoms with E-state index in [1.54, 1.807) is 0 Å². The first-order chi connectivity index (χ1) is 7.24. The summed E-state index contributed by atoms with van der Waals surface area (Å²) in [6.07, 6.45) is 9.91. The summed E-state index contributed by atoms with van der Waals surface area (Å²) >= 11 is 0. The van der Waals surface area contributed by atoms with Gasteiger partial charge in [-0.15, -0.1) is 0 Å². The Hall–Kier alpha value is -0.0400. The SMILES string of the molecule is CCCC(CC(C)C)N1CCCCCC1. The summed E-state index contributed by atoms with van der Waals surface area (Å²) in [7, 11) is 0. The van der Waals surface area contributed by atoms with Crippen molar-refractivity contribution in [2.24, 2.45) is 5.92 Å². The highest BCUT2D eigenvalue weighted by Gasteiger charge is 2.19. The van der Waals surface area contributed by atoms with Crippen LogP contribution < -0.4 is 0 Å². The van der Waals surface area contributed by atoms with Gasteiger partial charge >= 0.3 is 0 Å². The van der Waals surface area contributed by atoms with Gasteiger partial charge < -0.3 is 4.90 Å². The second-order valence-electron chi connectivity index (χ2n) is 5.52. The third kappa shape index (κ3) is 5.01. The molecule has 0 bridgehead atoms. The lowest BCUT2D eigenvalue weighted by molar-refractivity contribution is 0.169. The van der Waals surface area contributed by atoms with Crippen LogP contribution in [0.1, 0.15) is 65.7 Å². The maximum Gasteiger partial charge on any atom is 0.00975 e. The highest BCUT2D eigenvalue weighted by atomic mass is 15.1. The van der Waals surface area contributed by atoms with Crippen LogP contribution in [0, 0.1) is 5.92 Å². The molecule has 0 aromatic heterocycles. The Bertz CT molecular complexity index is 145. The summed E-state index contributed by atoms with van der Waals surface area (Å²) in [4.78, 5) is 2.77. The van der Waals surface area contributed by atoms with Gasteiger partial charge in [0.1, 0.15) is 0 Å². The van der Waals surface area contributed by atoms with Crippen molar-refractivity contribution in [2.45, 2.75) is 71.8 Å². The van der Waals surface area contributed by atoms with Crippen molar-refractivity contribution < 1.29 is 0 Å².